The maximum absolute atomic E-state index is 6.20. The van der Waals surface area contributed by atoms with Crippen LogP contribution in [0, 0.1) is 20.8 Å². The van der Waals surface area contributed by atoms with Gasteiger partial charge in [-0.1, -0.05) is 23.7 Å². The van der Waals surface area contributed by atoms with Gasteiger partial charge < -0.3 is 10.1 Å². The lowest BCUT2D eigenvalue weighted by atomic mass is 10.00. The van der Waals surface area contributed by atoms with Gasteiger partial charge in [0.25, 0.3) is 0 Å². The molecule has 7 nitrogen and oxygen atoms in total. The summed E-state index contributed by atoms with van der Waals surface area (Å²) in [5, 5.41) is 14.5. The van der Waals surface area contributed by atoms with E-state index in [9.17, 15) is 0 Å². The van der Waals surface area contributed by atoms with E-state index in [2.05, 4.69) is 51.0 Å². The van der Waals surface area contributed by atoms with E-state index in [4.69, 9.17) is 21.3 Å². The molecule has 0 aliphatic carbocycles. The molecule has 4 heterocycles. The van der Waals surface area contributed by atoms with Crippen LogP contribution in [0.4, 0.5) is 0 Å². The summed E-state index contributed by atoms with van der Waals surface area (Å²) in [5.74, 6) is 1.78. The van der Waals surface area contributed by atoms with Crippen molar-refractivity contribution >= 4 is 28.6 Å². The van der Waals surface area contributed by atoms with E-state index >= 15 is 0 Å². The van der Waals surface area contributed by atoms with Gasteiger partial charge in [-0.05, 0) is 58.0 Å². The molecular formula is C25H31ClN6OS. The van der Waals surface area contributed by atoms with Crippen molar-refractivity contribution in [3.8, 4) is 5.00 Å². The number of aryl methyl sites for hydroxylation is 2. The summed E-state index contributed by atoms with van der Waals surface area (Å²) in [6.07, 6.45) is 1.10. The average Bonchev–Trinajstić information content (AvgIpc) is 3.31. The summed E-state index contributed by atoms with van der Waals surface area (Å²) in [4.78, 5) is 9.05. The maximum Gasteiger partial charge on any atom is 0.164 e. The van der Waals surface area contributed by atoms with Crippen molar-refractivity contribution < 1.29 is 4.74 Å². The fourth-order valence-electron chi connectivity index (χ4n) is 4.62. The summed E-state index contributed by atoms with van der Waals surface area (Å²) in [5.41, 5.74) is 4.49. The van der Waals surface area contributed by atoms with Gasteiger partial charge in [-0.25, -0.2) is 0 Å². The van der Waals surface area contributed by atoms with Crippen molar-refractivity contribution in [2.24, 2.45) is 4.99 Å². The van der Waals surface area contributed by atoms with Crippen LogP contribution in [-0.2, 0) is 4.74 Å². The normalized spacial score (nSPS) is 18.4. The van der Waals surface area contributed by atoms with Crippen LogP contribution in [0.25, 0.3) is 5.00 Å². The summed E-state index contributed by atoms with van der Waals surface area (Å²) in [6, 6.07) is 7.85. The van der Waals surface area contributed by atoms with Crippen LogP contribution in [-0.4, -0.2) is 71.3 Å². The number of ether oxygens (including phenoxy) is 1. The minimum atomic E-state index is -0.130. The lowest BCUT2D eigenvalue weighted by Gasteiger charge is -2.26. The number of halogens is 1. The van der Waals surface area contributed by atoms with E-state index in [-0.39, 0.29) is 6.04 Å². The van der Waals surface area contributed by atoms with Crippen LogP contribution in [0.1, 0.15) is 45.7 Å². The van der Waals surface area contributed by atoms with Gasteiger partial charge in [0.2, 0.25) is 0 Å². The van der Waals surface area contributed by atoms with E-state index in [1.165, 1.54) is 16.0 Å². The smallest absolute Gasteiger partial charge is 0.164 e. The van der Waals surface area contributed by atoms with Crippen LogP contribution in [0.3, 0.4) is 0 Å². The molecule has 5 rings (SSSR count). The fraction of sp³-hybridized carbons (Fsp3) is 0.480. The highest BCUT2D eigenvalue weighted by Gasteiger charge is 2.31. The van der Waals surface area contributed by atoms with Crippen LogP contribution in [0.15, 0.2) is 29.3 Å². The molecule has 34 heavy (non-hydrogen) atoms. The van der Waals surface area contributed by atoms with Crippen molar-refractivity contribution in [1.82, 2.24) is 25.0 Å². The van der Waals surface area contributed by atoms with Crippen LogP contribution in [0.2, 0.25) is 5.02 Å². The number of thiophene rings is 1. The van der Waals surface area contributed by atoms with Crippen molar-refractivity contribution in [2.45, 2.75) is 33.2 Å². The molecule has 0 bridgehead atoms. The second-order valence-electron chi connectivity index (χ2n) is 8.92. The average molecular weight is 499 g/mol. The molecule has 1 aromatic carbocycles. The molecule has 0 radical (unpaired) electrons. The van der Waals surface area contributed by atoms with Crippen molar-refractivity contribution in [3.05, 3.63) is 62.5 Å². The molecule has 0 amide bonds. The highest BCUT2D eigenvalue weighted by Crippen LogP contribution is 2.38. The molecule has 0 saturated carbocycles. The number of nitrogens with one attached hydrogen (secondary N) is 1. The molecular weight excluding hydrogens is 468 g/mol. The molecule has 1 fully saturated rings. The Kier molecular flexibility index (Phi) is 7.13. The molecule has 0 spiro atoms. The first-order valence-electron chi connectivity index (χ1n) is 11.9. The number of aromatic nitrogens is 3. The zero-order valence-corrected chi connectivity index (χ0v) is 21.5. The lowest BCUT2D eigenvalue weighted by molar-refractivity contribution is 0.0374. The number of morpholine rings is 1. The topological polar surface area (TPSA) is 67.6 Å². The number of benzene rings is 1. The molecule has 9 heteroatoms. The summed E-state index contributed by atoms with van der Waals surface area (Å²) < 4.78 is 7.65. The SMILES string of the molecule is Cc1sc2c(c1C)C(c1ccc(Cl)cc1)=N[C@@H](CNCCCN1CCOCC1)c1nnc(C)n1-2. The third-order valence-electron chi connectivity index (χ3n) is 6.63. The number of hydrogen-bond donors (Lipinski definition) is 1. The highest BCUT2D eigenvalue weighted by molar-refractivity contribution is 7.15. The number of hydrogen-bond acceptors (Lipinski definition) is 7. The van der Waals surface area contributed by atoms with E-state index in [0.717, 1.165) is 78.8 Å². The molecule has 2 aliphatic rings. The first-order chi connectivity index (χ1) is 16.5. The molecule has 0 unspecified atom stereocenters. The third-order valence-corrected chi connectivity index (χ3v) is 8.07. The maximum atomic E-state index is 6.20. The second-order valence-corrected chi connectivity index (χ2v) is 10.6. The van der Waals surface area contributed by atoms with E-state index in [1.807, 2.05) is 19.1 Å². The summed E-state index contributed by atoms with van der Waals surface area (Å²) >= 11 is 7.98. The zero-order valence-electron chi connectivity index (χ0n) is 20.0. The Morgan fingerprint density at radius 1 is 1.12 bits per heavy atom. The van der Waals surface area contributed by atoms with Crippen LogP contribution >= 0.6 is 22.9 Å². The standard InChI is InChI=1S/C25H31ClN6OS/c1-16-17(2)34-25-22(16)23(19-5-7-20(26)8-6-19)28-21(24-30-29-18(3)32(24)25)15-27-9-4-10-31-11-13-33-14-12-31/h5-8,21,27H,4,9-15H2,1-3H3/t21-/m0/s1. The van der Waals surface area contributed by atoms with Gasteiger partial charge in [0.05, 0.1) is 18.9 Å². The molecule has 2 aliphatic heterocycles. The van der Waals surface area contributed by atoms with Crippen LogP contribution in [0.5, 0.6) is 0 Å². The zero-order chi connectivity index (χ0) is 23.7. The van der Waals surface area contributed by atoms with E-state index in [0.29, 0.717) is 6.54 Å². The van der Waals surface area contributed by atoms with E-state index < -0.39 is 0 Å². The summed E-state index contributed by atoms with van der Waals surface area (Å²) in [7, 11) is 0. The Balaban J connectivity index is 1.43. The van der Waals surface area contributed by atoms with E-state index in [1.54, 1.807) is 11.3 Å². The van der Waals surface area contributed by atoms with Gasteiger partial charge in [0, 0.05) is 40.7 Å². The Bertz CT molecular complexity index is 1180. The molecule has 2 aromatic heterocycles. The monoisotopic (exact) mass is 498 g/mol. The van der Waals surface area contributed by atoms with Gasteiger partial charge in [0.15, 0.2) is 5.82 Å². The minimum absolute atomic E-state index is 0.130. The molecule has 1 saturated heterocycles. The van der Waals surface area contributed by atoms with Crippen molar-refractivity contribution in [2.75, 3.05) is 45.9 Å². The summed E-state index contributed by atoms with van der Waals surface area (Å²) in [6.45, 7) is 12.8. The first kappa shape index (κ1) is 23.6. The Morgan fingerprint density at radius 3 is 2.65 bits per heavy atom. The predicted molar refractivity (Wildman–Crippen MR) is 138 cm³/mol. The second kappa shape index (κ2) is 10.3. The molecule has 180 valence electrons. The largest absolute Gasteiger partial charge is 0.379 e. The Morgan fingerprint density at radius 2 is 1.88 bits per heavy atom. The highest BCUT2D eigenvalue weighted by atomic mass is 35.5. The van der Waals surface area contributed by atoms with Crippen molar-refractivity contribution in [1.29, 1.82) is 0 Å². The third kappa shape index (κ3) is 4.70. The number of rotatable bonds is 7. The molecule has 1 N–H and O–H groups in total. The minimum Gasteiger partial charge on any atom is -0.379 e. The predicted octanol–water partition coefficient (Wildman–Crippen LogP) is 4.11. The van der Waals surface area contributed by atoms with Crippen molar-refractivity contribution in [3.63, 3.8) is 0 Å². The van der Waals surface area contributed by atoms with Gasteiger partial charge >= 0.3 is 0 Å². The number of aliphatic imine (C=N–C) groups is 1. The lowest BCUT2D eigenvalue weighted by Crippen LogP contribution is -2.38. The Labute approximate surface area is 209 Å². The van der Waals surface area contributed by atoms with Gasteiger partial charge in [-0.15, -0.1) is 21.5 Å². The van der Waals surface area contributed by atoms with Gasteiger partial charge in [-0.3, -0.25) is 14.5 Å². The molecule has 1 atom stereocenters. The fourth-order valence-corrected chi connectivity index (χ4v) is 5.96. The Hall–Kier alpha value is -2.10. The number of fused-ring (bicyclic) bond motifs is 3. The quantitative estimate of drug-likeness (QED) is 0.496. The molecule has 3 aromatic rings. The van der Waals surface area contributed by atoms with Crippen LogP contribution < -0.4 is 5.32 Å². The van der Waals surface area contributed by atoms with Gasteiger partial charge in [0.1, 0.15) is 16.9 Å². The van der Waals surface area contributed by atoms with Gasteiger partial charge in [-0.2, -0.15) is 0 Å². The first-order valence-corrected chi connectivity index (χ1v) is 13.1. The number of nitrogens with zero attached hydrogens (tertiary/aromatic N) is 5.